The molecule has 2 saturated carbocycles. The van der Waals surface area contributed by atoms with Gasteiger partial charge in [0.2, 0.25) is 11.8 Å². The highest BCUT2D eigenvalue weighted by Crippen LogP contribution is 2.42. The van der Waals surface area contributed by atoms with Gasteiger partial charge in [-0.15, -0.1) is 0 Å². The van der Waals surface area contributed by atoms with Gasteiger partial charge < -0.3 is 31.1 Å². The monoisotopic (exact) mass is 859 g/mol. The van der Waals surface area contributed by atoms with Crippen LogP contribution in [0.2, 0.25) is 0 Å². The summed E-state index contributed by atoms with van der Waals surface area (Å²) in [4.78, 5) is 71.5. The molecule has 7 atom stereocenters. The Balaban J connectivity index is 0.861. The maximum atomic E-state index is 14.0. The van der Waals surface area contributed by atoms with Crippen molar-refractivity contribution in [2.45, 2.75) is 140 Å². The third-order valence-electron chi connectivity index (χ3n) is 13.7. The fourth-order valence-corrected chi connectivity index (χ4v) is 9.73. The van der Waals surface area contributed by atoms with E-state index in [1.807, 2.05) is 36.4 Å². The molecule has 4 fully saturated rings. The lowest BCUT2D eigenvalue weighted by atomic mass is 9.94. The first-order valence-corrected chi connectivity index (χ1v) is 24.2. The fraction of sp³-hybridized carbons (Fsp3) is 0.558. The summed E-state index contributed by atoms with van der Waals surface area (Å²) in [5.41, 5.74) is 3.23. The van der Waals surface area contributed by atoms with Crippen LogP contribution >= 0.6 is 0 Å². The van der Waals surface area contributed by atoms with Crippen molar-refractivity contribution >= 4 is 29.7 Å². The van der Waals surface area contributed by atoms with Gasteiger partial charge in [0.25, 0.3) is 11.8 Å². The van der Waals surface area contributed by atoms with Crippen molar-refractivity contribution in [2.24, 2.45) is 11.8 Å². The number of hydrogen-bond acceptors (Lipinski definition) is 5. The minimum absolute atomic E-state index is 0.00128. The van der Waals surface area contributed by atoms with Crippen LogP contribution in [0.15, 0.2) is 84.9 Å². The van der Waals surface area contributed by atoms with Crippen molar-refractivity contribution in [3.8, 4) is 0 Å². The van der Waals surface area contributed by atoms with Gasteiger partial charge in [-0.2, -0.15) is 0 Å². The lowest BCUT2D eigenvalue weighted by Gasteiger charge is -2.33. The van der Waals surface area contributed by atoms with Gasteiger partial charge in [0.1, 0.15) is 0 Å². The molecule has 2 saturated heterocycles. The summed E-state index contributed by atoms with van der Waals surface area (Å²) in [6, 6.07) is 26.6. The largest absolute Gasteiger partial charge is 0.352 e. The van der Waals surface area contributed by atoms with Crippen molar-refractivity contribution in [2.75, 3.05) is 32.7 Å². The highest BCUT2D eigenvalue weighted by Gasteiger charge is 2.49. The lowest BCUT2D eigenvalue weighted by Crippen LogP contribution is -2.52. The molecule has 11 nitrogen and oxygen atoms in total. The number of benzene rings is 3. The van der Waals surface area contributed by atoms with Crippen molar-refractivity contribution in [3.05, 3.63) is 107 Å². The molecule has 2 aliphatic heterocycles. The van der Waals surface area contributed by atoms with Crippen LogP contribution in [-0.4, -0.2) is 90.3 Å². The topological polar surface area (TPSA) is 140 Å². The van der Waals surface area contributed by atoms with Crippen LogP contribution in [-0.2, 0) is 9.59 Å². The predicted molar refractivity (Wildman–Crippen MR) is 247 cm³/mol. The summed E-state index contributed by atoms with van der Waals surface area (Å²) < 4.78 is 0. The molecule has 0 spiro atoms. The summed E-state index contributed by atoms with van der Waals surface area (Å²) in [5.74, 6) is -1.70. The van der Waals surface area contributed by atoms with E-state index < -0.39 is 11.8 Å². The van der Waals surface area contributed by atoms with Crippen LogP contribution in [0.1, 0.15) is 153 Å². The number of nitrogens with zero attached hydrogens (tertiary/aromatic N) is 2. The van der Waals surface area contributed by atoms with Gasteiger partial charge in [0, 0.05) is 73.8 Å². The Bertz CT molecular complexity index is 1880. The third kappa shape index (κ3) is 13.2. The number of hydrogen-bond donors (Lipinski definition) is 4. The maximum Gasteiger partial charge on any atom is 0.315 e. The van der Waals surface area contributed by atoms with Gasteiger partial charge in [0.15, 0.2) is 0 Å². The number of unbranched alkanes of at least 4 members (excludes halogenated alkanes) is 11. The van der Waals surface area contributed by atoms with Crippen LogP contribution < -0.4 is 21.3 Å². The summed E-state index contributed by atoms with van der Waals surface area (Å²) in [5, 5.41) is 12.5. The number of amides is 6. The number of urea groups is 1. The summed E-state index contributed by atoms with van der Waals surface area (Å²) in [6.07, 6.45) is 18.6. The molecule has 7 rings (SSSR count). The summed E-state index contributed by atoms with van der Waals surface area (Å²) in [6.45, 7) is 4.19. The molecule has 4 N–H and O–H groups in total. The van der Waals surface area contributed by atoms with E-state index >= 15 is 0 Å². The van der Waals surface area contributed by atoms with Gasteiger partial charge in [-0.3, -0.25) is 19.2 Å². The normalized spacial score (nSPS) is 23.7. The SMILES string of the molecule is CCCCCCCCCCCCCCNC(=O)N[C@@H]1CCCN(C(=O)c2ccc(C(=O)N3CC(C(=O)N[C@H]4C[C@@H]4c4ccccc4)C(C(=O)N[C@H]4C[C@@H]4c4ccccc4)C3)cc2)C1. The van der Waals surface area contributed by atoms with Crippen LogP contribution in [0.5, 0.6) is 0 Å². The number of carbonyl (C=O) groups excluding carboxylic acids is 5. The zero-order valence-electron chi connectivity index (χ0n) is 37.4. The number of piperidine rings is 1. The minimum atomic E-state index is -0.683. The molecule has 2 aliphatic carbocycles. The Hall–Kier alpha value is -5.19. The Labute approximate surface area is 374 Å². The van der Waals surface area contributed by atoms with Crippen LogP contribution in [0, 0.1) is 11.8 Å². The van der Waals surface area contributed by atoms with E-state index in [9.17, 15) is 24.0 Å². The first kappa shape index (κ1) is 45.8. The Morgan fingerprint density at radius 1 is 0.540 bits per heavy atom. The smallest absolute Gasteiger partial charge is 0.315 e. The van der Waals surface area contributed by atoms with Gasteiger partial charge >= 0.3 is 6.03 Å². The second-order valence-electron chi connectivity index (χ2n) is 18.6. The molecule has 6 amide bonds. The lowest BCUT2D eigenvalue weighted by molar-refractivity contribution is -0.133. The fourth-order valence-electron chi connectivity index (χ4n) is 9.73. The average molecular weight is 859 g/mol. The van der Waals surface area contributed by atoms with Gasteiger partial charge in [0.05, 0.1) is 11.8 Å². The van der Waals surface area contributed by atoms with Crippen molar-refractivity contribution in [3.63, 3.8) is 0 Å². The van der Waals surface area contributed by atoms with E-state index in [1.165, 1.54) is 75.3 Å². The molecular weight excluding hydrogens is 789 g/mol. The molecular formula is C52H70N6O5. The zero-order valence-corrected chi connectivity index (χ0v) is 37.4. The molecule has 338 valence electrons. The van der Waals surface area contributed by atoms with Crippen molar-refractivity contribution in [1.82, 2.24) is 31.1 Å². The molecule has 3 aromatic rings. The van der Waals surface area contributed by atoms with E-state index in [0.717, 1.165) is 38.5 Å². The Morgan fingerprint density at radius 2 is 1.00 bits per heavy atom. The van der Waals surface area contributed by atoms with Crippen molar-refractivity contribution < 1.29 is 24.0 Å². The van der Waals surface area contributed by atoms with E-state index in [1.54, 1.807) is 34.1 Å². The molecule has 2 heterocycles. The first-order chi connectivity index (χ1) is 30.8. The second kappa shape index (κ2) is 22.9. The van der Waals surface area contributed by atoms with Gasteiger partial charge in [-0.1, -0.05) is 138 Å². The summed E-state index contributed by atoms with van der Waals surface area (Å²) in [7, 11) is 0. The number of likely N-dealkylation sites (tertiary alicyclic amines) is 2. The quantitative estimate of drug-likeness (QED) is 0.0753. The molecule has 3 aromatic carbocycles. The molecule has 11 heteroatoms. The zero-order chi connectivity index (χ0) is 44.0. The van der Waals surface area contributed by atoms with Crippen LogP contribution in [0.3, 0.4) is 0 Å². The van der Waals surface area contributed by atoms with Crippen LogP contribution in [0.25, 0.3) is 0 Å². The van der Waals surface area contributed by atoms with Gasteiger partial charge in [-0.25, -0.2) is 4.79 Å². The molecule has 0 bridgehead atoms. The molecule has 63 heavy (non-hydrogen) atoms. The van der Waals surface area contributed by atoms with Crippen molar-refractivity contribution in [1.29, 1.82) is 0 Å². The minimum Gasteiger partial charge on any atom is -0.352 e. The second-order valence-corrected chi connectivity index (χ2v) is 18.6. The average Bonchev–Trinajstić information content (AvgIpc) is 4.22. The van der Waals surface area contributed by atoms with E-state index in [-0.39, 0.29) is 72.7 Å². The Morgan fingerprint density at radius 3 is 1.49 bits per heavy atom. The predicted octanol–water partition coefficient (Wildman–Crippen LogP) is 8.32. The number of rotatable bonds is 22. The molecule has 4 aliphatic rings. The number of carbonyl (C=O) groups is 5. The van der Waals surface area contributed by atoms with E-state index in [4.69, 9.17) is 0 Å². The van der Waals surface area contributed by atoms with Gasteiger partial charge in [-0.05, 0) is 67.5 Å². The highest BCUT2D eigenvalue weighted by molar-refractivity contribution is 5.99. The van der Waals surface area contributed by atoms with E-state index in [0.29, 0.717) is 30.8 Å². The summed E-state index contributed by atoms with van der Waals surface area (Å²) >= 11 is 0. The molecule has 2 unspecified atom stereocenters. The highest BCUT2D eigenvalue weighted by atomic mass is 16.2. The standard InChI is InChI=1S/C52H70N6O5/c1-2-3-4-5-6-7-8-9-10-11-12-19-30-53-52(63)54-41-25-20-31-57(34-41)50(61)39-26-28-40(29-27-39)51(62)58-35-44(48(59)55-46-32-42(46)37-21-15-13-16-22-37)45(36-58)49(60)56-47-33-43(47)38-23-17-14-18-24-38/h13-18,21-24,26-29,41-47H,2-12,19-20,25,30-36H2,1H3,(H,55,59)(H,56,60)(H2,53,54,63)/t41-,42-,43-,44?,45?,46+,47+/m1/s1. The van der Waals surface area contributed by atoms with Crippen LogP contribution in [0.4, 0.5) is 4.79 Å². The third-order valence-corrected chi connectivity index (χ3v) is 13.7. The van der Waals surface area contributed by atoms with E-state index in [2.05, 4.69) is 52.5 Å². The number of nitrogens with one attached hydrogen (secondary N) is 4. The maximum absolute atomic E-state index is 14.0. The molecule has 0 aromatic heterocycles. The first-order valence-electron chi connectivity index (χ1n) is 24.2. The molecule has 0 radical (unpaired) electrons. The Kier molecular flexibility index (Phi) is 16.7.